The molecule has 0 radical (unpaired) electrons. The first kappa shape index (κ1) is 84.7. The van der Waals surface area contributed by atoms with Gasteiger partial charge < -0.3 is 40.9 Å². The summed E-state index contributed by atoms with van der Waals surface area (Å²) in [5.41, 5.74) is 16.6. The van der Waals surface area contributed by atoms with Crippen LogP contribution in [0.5, 0.6) is 0 Å². The molecule has 0 amide bonds. The van der Waals surface area contributed by atoms with Gasteiger partial charge in [0, 0.05) is 118 Å². The van der Waals surface area contributed by atoms with Gasteiger partial charge in [0.1, 0.15) is 0 Å². The van der Waals surface area contributed by atoms with E-state index in [0.717, 1.165) is 127 Å². The molecule has 16 aromatic rings. The number of hydrogen-bond acceptors (Lipinski definition) is 24. The Hall–Kier alpha value is -12.2. The molecular weight excluding hydrogens is 1520 g/mol. The summed E-state index contributed by atoms with van der Waals surface area (Å²) < 4.78 is 21.5. The lowest BCUT2D eigenvalue weighted by atomic mass is 10.1. The normalized spacial score (nSPS) is 13.9. The molecule has 0 aliphatic rings. The Morgan fingerprint density at radius 3 is 0.723 bits per heavy atom. The lowest BCUT2D eigenvalue weighted by Crippen LogP contribution is -2.19. The highest BCUT2D eigenvalue weighted by Crippen LogP contribution is 2.34. The zero-order valence-corrected chi connectivity index (χ0v) is 68.8. The highest BCUT2D eigenvalue weighted by Gasteiger charge is 2.23. The van der Waals surface area contributed by atoms with Crippen LogP contribution in [-0.4, -0.2) is 228 Å². The number of nitrogens with zero attached hydrogens (tertiary/aromatic N) is 28. The van der Waals surface area contributed by atoms with Crippen molar-refractivity contribution in [3.63, 3.8) is 0 Å². The summed E-state index contributed by atoms with van der Waals surface area (Å²) in [6, 6.07) is 8.97. The summed E-state index contributed by atoms with van der Waals surface area (Å²) in [7, 11) is 0. The molecule has 0 unspecified atom stereocenters. The topological polar surface area (TPSA) is 425 Å². The fourth-order valence-corrected chi connectivity index (χ4v) is 14.3. The third-order valence-corrected chi connectivity index (χ3v) is 20.2. The second-order valence-electron chi connectivity index (χ2n) is 31.6. The van der Waals surface area contributed by atoms with Gasteiger partial charge in [-0.3, -0.25) is 37.5 Å². The first-order chi connectivity index (χ1) is 57.4. The van der Waals surface area contributed by atoms with Gasteiger partial charge in [-0.2, -0.15) is 61.2 Å². The molecule has 0 fully saturated rings. The Labute approximate surface area is 686 Å². The monoisotopic (exact) mass is 1620 g/mol. The summed E-state index contributed by atoms with van der Waals surface area (Å²) >= 11 is 0. The van der Waals surface area contributed by atoms with Gasteiger partial charge in [0.15, 0.2) is 0 Å². The van der Waals surface area contributed by atoms with Crippen LogP contribution in [0, 0.1) is 17.8 Å². The van der Waals surface area contributed by atoms with Crippen molar-refractivity contribution in [3.8, 4) is 90.1 Å². The van der Waals surface area contributed by atoms with Crippen molar-refractivity contribution >= 4 is 22.1 Å². The first-order valence-electron chi connectivity index (χ1n) is 40.2. The van der Waals surface area contributed by atoms with Gasteiger partial charge in [0.25, 0.3) is 0 Å². The number of aliphatic hydroxyl groups is 8. The molecule has 36 heteroatoms. The van der Waals surface area contributed by atoms with Crippen LogP contribution in [0.1, 0.15) is 132 Å². The third kappa shape index (κ3) is 20.7. The lowest BCUT2D eigenvalue weighted by molar-refractivity contribution is 0.0782. The summed E-state index contributed by atoms with van der Waals surface area (Å²) in [5.74, 6) is 1.78. The van der Waals surface area contributed by atoms with Crippen LogP contribution in [0.3, 0.4) is 0 Å². The summed E-state index contributed by atoms with van der Waals surface area (Å²) in [6.07, 6.45) is 45.8. The van der Waals surface area contributed by atoms with Crippen LogP contribution in [-0.2, 0) is 26.2 Å². The second-order valence-corrected chi connectivity index (χ2v) is 31.6. The minimum atomic E-state index is -0.853. The highest BCUT2D eigenvalue weighted by molar-refractivity contribution is 5.81. The number of fused-ring (bicyclic) bond motifs is 4. The molecule has 0 aromatic carbocycles. The molecule has 16 rings (SSSR count). The van der Waals surface area contributed by atoms with Gasteiger partial charge in [0.2, 0.25) is 0 Å². The molecule has 0 saturated heterocycles. The molecule has 0 spiro atoms. The predicted octanol–water partition coefficient (Wildman–Crippen LogP) is 9.42. The number of rotatable bonds is 32. The maximum atomic E-state index is 9.65. The molecule has 8 atom stereocenters. The third-order valence-electron chi connectivity index (χ3n) is 20.2. The van der Waals surface area contributed by atoms with Crippen molar-refractivity contribution in [1.82, 2.24) is 137 Å². The molecule has 0 aliphatic carbocycles. The van der Waals surface area contributed by atoms with Crippen molar-refractivity contribution in [2.24, 2.45) is 17.8 Å². The molecule has 626 valence electrons. The van der Waals surface area contributed by atoms with E-state index >= 15 is 0 Å². The average Bonchev–Trinajstić information content (AvgIpc) is 1.67. The predicted molar refractivity (Wildman–Crippen MR) is 446 cm³/mol. The van der Waals surface area contributed by atoms with Gasteiger partial charge >= 0.3 is 0 Å². The Kier molecular flexibility index (Phi) is 27.4. The van der Waals surface area contributed by atoms with E-state index in [1.165, 1.54) is 0 Å². The second kappa shape index (κ2) is 38.5. The summed E-state index contributed by atoms with van der Waals surface area (Å²) in [5, 5.41) is 128. The smallest absolute Gasteiger partial charge is 0.0999 e. The standard InChI is InChI=1S/3C21H27N7O2.C20H25N7O2/c3*1-14(2)6-15(3)27-10-17(8-24-27)21-20-4-5-22-28(20)12-19(25-21)16-7-23-26(9-16)11-18(30)13-29;1-3-4-14(2)26-10-16(8-23-26)20-19-5-6-21-27(19)12-18(24-20)15-7-22-25(9-15)11-17(29)13-28/h3*4-5,7-10,12,14-15,18,29-30H,6,11,13H2,1-3H3;5-10,12,14,17,28-29H,3-4,11,13H2,1-2H3/t15-,18+;2*15-,18-;14-,17+/m0101/s1. The van der Waals surface area contributed by atoms with Crippen LogP contribution in [0.25, 0.3) is 112 Å². The quantitative estimate of drug-likeness (QED) is 0.0194. The molecule has 119 heavy (non-hydrogen) atoms. The molecule has 16 aromatic heterocycles. The van der Waals surface area contributed by atoms with Crippen molar-refractivity contribution in [2.75, 3.05) is 26.4 Å². The van der Waals surface area contributed by atoms with Gasteiger partial charge in [0.05, 0.1) is 244 Å². The number of aliphatic hydroxyl groups excluding tert-OH is 8. The molecule has 0 saturated carbocycles. The molecule has 36 nitrogen and oxygen atoms in total. The molecule has 16 heterocycles. The minimum Gasteiger partial charge on any atom is -0.394 e. The zero-order valence-electron chi connectivity index (χ0n) is 68.8. The van der Waals surface area contributed by atoms with Gasteiger partial charge in [-0.1, -0.05) is 54.9 Å². The van der Waals surface area contributed by atoms with E-state index in [2.05, 4.69) is 137 Å². The molecule has 0 aliphatic heterocycles. The fourth-order valence-electron chi connectivity index (χ4n) is 14.3. The van der Waals surface area contributed by atoms with Gasteiger partial charge in [-0.05, 0) is 95.4 Å². The van der Waals surface area contributed by atoms with Crippen molar-refractivity contribution < 1.29 is 40.9 Å². The van der Waals surface area contributed by atoms with Crippen molar-refractivity contribution in [2.45, 2.75) is 183 Å². The maximum Gasteiger partial charge on any atom is 0.0999 e. The average molecular weight is 1620 g/mol. The summed E-state index contributed by atoms with van der Waals surface area (Å²) in [6.45, 7) is 23.7. The minimum absolute atomic E-state index is 0.216. The Bertz CT molecular complexity index is 5480. The SMILES string of the molecule is CC(C)C[C@@H](C)n1cc(-c2nc(-c3cnn(C[C@@H](O)CO)c3)cn3nccc23)cn1.CC(C)C[C@H](C)n1cc(-c2nc(-c3cnn(C[C@@H](O)CO)c3)cn3nccc23)cn1.CC(C)C[C@H](C)n1cc(-c2nc(-c3cnn(C[C@H](O)CO)c3)cn3nccc23)cn1.CCC[C@@H](C)n1cc(-c2nc(-c3cnn(C[C@H](O)CO)c3)cn3nccc23)cn1. The van der Waals surface area contributed by atoms with E-state index in [1.807, 2.05) is 117 Å². The fraction of sp³-hybridized carbons (Fsp3) is 0.422. The van der Waals surface area contributed by atoms with Gasteiger partial charge in [-0.15, -0.1) is 0 Å². The molecular formula is C83H106N28O8. The van der Waals surface area contributed by atoms with E-state index in [-0.39, 0.29) is 52.6 Å². The van der Waals surface area contributed by atoms with E-state index in [4.69, 9.17) is 40.4 Å². The van der Waals surface area contributed by atoms with Crippen LogP contribution < -0.4 is 0 Å². The van der Waals surface area contributed by atoms with E-state index in [0.29, 0.717) is 59.0 Å². The zero-order chi connectivity index (χ0) is 84.1. The van der Waals surface area contributed by atoms with Gasteiger partial charge in [-0.25, -0.2) is 38.0 Å². The highest BCUT2D eigenvalue weighted by atomic mass is 16.3. The van der Waals surface area contributed by atoms with Crippen LogP contribution in [0.4, 0.5) is 0 Å². The summed E-state index contributed by atoms with van der Waals surface area (Å²) in [4.78, 5) is 19.5. The number of hydrogen-bond donors (Lipinski definition) is 8. The van der Waals surface area contributed by atoms with E-state index in [9.17, 15) is 20.4 Å². The van der Waals surface area contributed by atoms with E-state index in [1.54, 1.807) is 111 Å². The maximum absolute atomic E-state index is 9.65. The van der Waals surface area contributed by atoms with Crippen LogP contribution in [0.2, 0.25) is 0 Å². The number of aromatic nitrogens is 28. The van der Waals surface area contributed by atoms with E-state index < -0.39 is 24.4 Å². The van der Waals surface area contributed by atoms with Crippen molar-refractivity contribution in [3.05, 3.63) is 173 Å². The first-order valence-corrected chi connectivity index (χ1v) is 40.2. The Balaban J connectivity index is 0.000000137. The lowest BCUT2D eigenvalue weighted by Gasteiger charge is -2.14. The molecule has 0 bridgehead atoms. The Morgan fingerprint density at radius 2 is 0.504 bits per heavy atom. The Morgan fingerprint density at radius 1 is 0.277 bits per heavy atom. The molecule has 8 N–H and O–H groups in total. The van der Waals surface area contributed by atoms with Crippen LogP contribution in [0.15, 0.2) is 173 Å². The van der Waals surface area contributed by atoms with Crippen LogP contribution >= 0.6 is 0 Å². The largest absolute Gasteiger partial charge is 0.394 e. The van der Waals surface area contributed by atoms with Crippen molar-refractivity contribution in [1.29, 1.82) is 0 Å².